The molecule has 0 amide bonds. The molecule has 0 saturated carbocycles. The maximum absolute atomic E-state index is 4.07. The summed E-state index contributed by atoms with van der Waals surface area (Å²) < 4.78 is 0. The highest BCUT2D eigenvalue weighted by Gasteiger charge is 2.06. The highest BCUT2D eigenvalue weighted by Crippen LogP contribution is 2.32. The molecule has 18 heavy (non-hydrogen) atoms. The van der Waals surface area contributed by atoms with Crippen molar-refractivity contribution in [3.8, 4) is 10.4 Å². The Morgan fingerprint density at radius 2 is 1.94 bits per heavy atom. The second kappa shape index (κ2) is 5.83. The first-order valence-corrected chi connectivity index (χ1v) is 7.06. The molecule has 3 aromatic rings. The molecule has 1 aromatic carbocycles. The minimum atomic E-state index is 1.12. The fourth-order valence-electron chi connectivity index (χ4n) is 1.75. The van der Waals surface area contributed by atoms with E-state index in [1.54, 1.807) is 0 Å². The number of nitrogens with zero attached hydrogens (tertiary/aromatic N) is 1. The van der Waals surface area contributed by atoms with Crippen LogP contribution < -0.4 is 0 Å². The molecule has 1 N–H and O–H groups in total. The maximum atomic E-state index is 4.07. The zero-order chi connectivity index (χ0) is 13.0. The smallest absolute Gasteiger partial charge is 0.0736 e. The Balaban J connectivity index is 0.000000367. The van der Waals surface area contributed by atoms with Gasteiger partial charge in [-0.15, -0.1) is 11.3 Å². The molecule has 3 heteroatoms. The molecular formula is C15H18N2S. The van der Waals surface area contributed by atoms with Gasteiger partial charge in [-0.1, -0.05) is 38.5 Å². The summed E-state index contributed by atoms with van der Waals surface area (Å²) in [4.78, 5) is 2.63. The second-order valence-electron chi connectivity index (χ2n) is 4.26. The van der Waals surface area contributed by atoms with Crippen molar-refractivity contribution in [2.75, 3.05) is 0 Å². The number of H-pyrrole nitrogens is 1. The molecule has 2 heterocycles. The molecule has 0 fully saturated rings. The van der Waals surface area contributed by atoms with Crippen molar-refractivity contribution in [3.05, 3.63) is 41.4 Å². The van der Waals surface area contributed by atoms with Crippen LogP contribution in [0.4, 0.5) is 0 Å². The summed E-state index contributed by atoms with van der Waals surface area (Å²) in [5.74, 6) is 0. The third-order valence-electron chi connectivity index (χ3n) is 2.48. The molecule has 0 spiro atoms. The fraction of sp³-hybridized carbons (Fsp3) is 0.267. The van der Waals surface area contributed by atoms with Crippen LogP contribution in [0.5, 0.6) is 0 Å². The molecule has 3 rings (SSSR count). The number of fused-ring (bicyclic) bond motifs is 1. The summed E-state index contributed by atoms with van der Waals surface area (Å²) in [7, 11) is 0. The Morgan fingerprint density at radius 3 is 2.61 bits per heavy atom. The molecule has 0 radical (unpaired) electrons. The van der Waals surface area contributed by atoms with Crippen LogP contribution in [0.3, 0.4) is 0 Å². The average molecular weight is 258 g/mol. The number of benzene rings is 1. The molecule has 94 valence electrons. The number of hydrogen-bond donors (Lipinski definition) is 1. The van der Waals surface area contributed by atoms with Crippen molar-refractivity contribution in [1.82, 2.24) is 10.2 Å². The normalized spacial score (nSPS) is 10.2. The van der Waals surface area contributed by atoms with Crippen LogP contribution in [0.25, 0.3) is 21.3 Å². The van der Waals surface area contributed by atoms with E-state index >= 15 is 0 Å². The number of nitrogens with one attached hydrogen (secondary N) is 1. The van der Waals surface area contributed by atoms with Crippen molar-refractivity contribution in [1.29, 1.82) is 0 Å². The van der Waals surface area contributed by atoms with Gasteiger partial charge in [-0.2, -0.15) is 5.10 Å². The van der Waals surface area contributed by atoms with Gasteiger partial charge in [-0.25, -0.2) is 0 Å². The van der Waals surface area contributed by atoms with E-state index in [0.29, 0.717) is 0 Å². The van der Waals surface area contributed by atoms with Crippen LogP contribution in [0.2, 0.25) is 0 Å². The zero-order valence-corrected chi connectivity index (χ0v) is 11.8. The SMILES string of the molecule is CCC.Cc1ccc(-c2cccc3cn[nH]c23)s1. The predicted octanol–water partition coefficient (Wildman–Crippen LogP) is 5.02. The number of thiophene rings is 1. The Bertz CT molecular complexity index is 622. The number of aromatic nitrogens is 2. The van der Waals surface area contributed by atoms with E-state index < -0.39 is 0 Å². The molecular weight excluding hydrogens is 240 g/mol. The molecule has 0 aliphatic heterocycles. The molecule has 0 aliphatic rings. The summed E-state index contributed by atoms with van der Waals surface area (Å²) in [5.41, 5.74) is 2.36. The Morgan fingerprint density at radius 1 is 1.17 bits per heavy atom. The third-order valence-corrected chi connectivity index (χ3v) is 3.52. The average Bonchev–Trinajstić information content (AvgIpc) is 2.97. The lowest BCUT2D eigenvalue weighted by molar-refractivity contribution is 1.09. The highest BCUT2D eigenvalue weighted by atomic mass is 32.1. The van der Waals surface area contributed by atoms with E-state index in [1.807, 2.05) is 17.5 Å². The molecule has 0 atom stereocenters. The van der Waals surface area contributed by atoms with Gasteiger partial charge in [0.15, 0.2) is 0 Å². The Labute approximate surface area is 112 Å². The van der Waals surface area contributed by atoms with E-state index in [1.165, 1.54) is 27.1 Å². The lowest BCUT2D eigenvalue weighted by atomic mass is 10.1. The van der Waals surface area contributed by atoms with E-state index in [4.69, 9.17) is 0 Å². The van der Waals surface area contributed by atoms with E-state index in [9.17, 15) is 0 Å². The van der Waals surface area contributed by atoms with E-state index in [-0.39, 0.29) is 0 Å². The van der Waals surface area contributed by atoms with Crippen LogP contribution in [-0.2, 0) is 0 Å². The second-order valence-corrected chi connectivity index (χ2v) is 5.55. The summed E-state index contributed by atoms with van der Waals surface area (Å²) in [6.45, 7) is 6.38. The first-order chi connectivity index (χ1) is 8.76. The Kier molecular flexibility index (Phi) is 4.15. The number of aromatic amines is 1. The van der Waals surface area contributed by atoms with E-state index in [0.717, 1.165) is 5.52 Å². The van der Waals surface area contributed by atoms with Crippen molar-refractivity contribution >= 4 is 22.2 Å². The minimum absolute atomic E-state index is 1.12. The van der Waals surface area contributed by atoms with Gasteiger partial charge in [0.05, 0.1) is 11.7 Å². The topological polar surface area (TPSA) is 28.7 Å². The van der Waals surface area contributed by atoms with E-state index in [2.05, 4.69) is 61.3 Å². The molecule has 0 unspecified atom stereocenters. The number of aryl methyl sites for hydroxylation is 1. The van der Waals surface area contributed by atoms with Gasteiger partial charge < -0.3 is 0 Å². The lowest BCUT2D eigenvalue weighted by Gasteiger charge is -1.98. The van der Waals surface area contributed by atoms with Crippen molar-refractivity contribution in [2.45, 2.75) is 27.2 Å². The van der Waals surface area contributed by atoms with Gasteiger partial charge in [0.1, 0.15) is 0 Å². The zero-order valence-electron chi connectivity index (χ0n) is 11.0. The summed E-state index contributed by atoms with van der Waals surface area (Å²) in [6.07, 6.45) is 3.11. The van der Waals surface area contributed by atoms with Gasteiger partial charge in [-0.05, 0) is 19.1 Å². The van der Waals surface area contributed by atoms with Gasteiger partial charge in [0, 0.05) is 20.7 Å². The van der Waals surface area contributed by atoms with Crippen molar-refractivity contribution in [2.24, 2.45) is 0 Å². The highest BCUT2D eigenvalue weighted by molar-refractivity contribution is 7.15. The molecule has 2 nitrogen and oxygen atoms in total. The van der Waals surface area contributed by atoms with Crippen molar-refractivity contribution in [3.63, 3.8) is 0 Å². The largest absolute Gasteiger partial charge is 0.277 e. The van der Waals surface area contributed by atoms with Crippen molar-refractivity contribution < 1.29 is 0 Å². The molecule has 0 bridgehead atoms. The monoisotopic (exact) mass is 258 g/mol. The Hall–Kier alpha value is -1.61. The van der Waals surface area contributed by atoms with Gasteiger partial charge in [0.2, 0.25) is 0 Å². The van der Waals surface area contributed by atoms with Gasteiger partial charge in [-0.3, -0.25) is 5.10 Å². The summed E-state index contributed by atoms with van der Waals surface area (Å²) in [6, 6.07) is 10.6. The predicted molar refractivity (Wildman–Crippen MR) is 80.1 cm³/mol. The third kappa shape index (κ3) is 2.62. The first kappa shape index (κ1) is 12.8. The quantitative estimate of drug-likeness (QED) is 0.652. The van der Waals surface area contributed by atoms with Crippen LogP contribution in [0.15, 0.2) is 36.5 Å². The van der Waals surface area contributed by atoms with Gasteiger partial charge in [0.25, 0.3) is 0 Å². The van der Waals surface area contributed by atoms with Crippen LogP contribution >= 0.6 is 11.3 Å². The van der Waals surface area contributed by atoms with Crippen LogP contribution in [-0.4, -0.2) is 10.2 Å². The molecule has 0 saturated heterocycles. The lowest BCUT2D eigenvalue weighted by Crippen LogP contribution is -1.75. The van der Waals surface area contributed by atoms with Crippen LogP contribution in [0.1, 0.15) is 25.1 Å². The number of hydrogen-bond acceptors (Lipinski definition) is 2. The molecule has 2 aromatic heterocycles. The molecule has 0 aliphatic carbocycles. The minimum Gasteiger partial charge on any atom is -0.277 e. The summed E-state index contributed by atoms with van der Waals surface area (Å²) in [5, 5.41) is 8.29. The number of rotatable bonds is 1. The van der Waals surface area contributed by atoms with Crippen LogP contribution in [0, 0.1) is 6.92 Å². The fourth-order valence-corrected chi connectivity index (χ4v) is 2.65. The standard InChI is InChI=1S/C12H10N2S.C3H8/c1-8-5-6-11(15-8)10-4-2-3-9-7-13-14-12(9)10;1-3-2/h2-7H,1H3,(H,13,14);3H2,1-2H3. The summed E-state index contributed by atoms with van der Waals surface area (Å²) >= 11 is 1.81. The maximum Gasteiger partial charge on any atom is 0.0736 e. The van der Waals surface area contributed by atoms with Gasteiger partial charge >= 0.3 is 0 Å². The number of para-hydroxylation sites is 1. The first-order valence-electron chi connectivity index (χ1n) is 6.25.